The summed E-state index contributed by atoms with van der Waals surface area (Å²) in [6, 6.07) is 8.12. The Kier molecular flexibility index (Phi) is 4.55. The van der Waals surface area contributed by atoms with Gasteiger partial charge in [0.2, 0.25) is 0 Å². The third kappa shape index (κ3) is 3.45. The van der Waals surface area contributed by atoms with Crippen molar-refractivity contribution in [1.29, 1.82) is 0 Å². The van der Waals surface area contributed by atoms with Crippen molar-refractivity contribution in [2.75, 3.05) is 5.73 Å². The van der Waals surface area contributed by atoms with E-state index in [4.69, 9.17) is 5.73 Å². The standard InChI is InChI=1S/C16H20N2OS/c1-11-5-4-6-14(7-11)9-20(19)10-15-13(3)16(17)12(2)8-18-15/h4-8H,9-10H2,1-3H3,(H2,17,18). The Bertz CT molecular complexity index is 653. The number of benzene rings is 1. The van der Waals surface area contributed by atoms with Gasteiger partial charge < -0.3 is 5.73 Å². The molecule has 20 heavy (non-hydrogen) atoms. The van der Waals surface area contributed by atoms with E-state index in [0.717, 1.165) is 28.1 Å². The Hall–Kier alpha value is -1.68. The molecule has 0 amide bonds. The molecule has 0 bridgehead atoms. The number of nitrogens with two attached hydrogens (primary N) is 1. The van der Waals surface area contributed by atoms with Gasteiger partial charge in [0.15, 0.2) is 0 Å². The van der Waals surface area contributed by atoms with Gasteiger partial charge in [-0.25, -0.2) is 0 Å². The molecule has 2 rings (SSSR count). The van der Waals surface area contributed by atoms with E-state index in [-0.39, 0.29) is 0 Å². The molecule has 1 unspecified atom stereocenters. The van der Waals surface area contributed by atoms with Crippen molar-refractivity contribution in [2.45, 2.75) is 32.3 Å². The minimum absolute atomic E-state index is 0.449. The Morgan fingerprint density at radius 1 is 1.20 bits per heavy atom. The first-order chi connectivity index (χ1) is 9.47. The summed E-state index contributed by atoms with van der Waals surface area (Å²) in [5.74, 6) is 1.00. The number of nitrogens with zero attached hydrogens (tertiary/aromatic N) is 1. The topological polar surface area (TPSA) is 56.0 Å². The molecule has 0 aliphatic heterocycles. The predicted octanol–water partition coefficient (Wildman–Crippen LogP) is 3.04. The summed E-state index contributed by atoms with van der Waals surface area (Å²) in [6.45, 7) is 5.91. The van der Waals surface area contributed by atoms with E-state index < -0.39 is 10.8 Å². The van der Waals surface area contributed by atoms with Crippen LogP contribution in [-0.2, 0) is 22.3 Å². The zero-order chi connectivity index (χ0) is 14.7. The average molecular weight is 288 g/mol. The van der Waals surface area contributed by atoms with Gasteiger partial charge in [-0.05, 0) is 37.5 Å². The summed E-state index contributed by atoms with van der Waals surface area (Å²) in [5, 5.41) is 0. The zero-order valence-corrected chi connectivity index (χ0v) is 13.0. The van der Waals surface area contributed by atoms with Gasteiger partial charge in [-0.2, -0.15) is 0 Å². The number of aromatic nitrogens is 1. The highest BCUT2D eigenvalue weighted by Gasteiger charge is 2.10. The molecular formula is C16H20N2OS. The second-order valence-corrected chi connectivity index (χ2v) is 6.60. The van der Waals surface area contributed by atoms with E-state index in [2.05, 4.69) is 11.1 Å². The van der Waals surface area contributed by atoms with Crippen molar-refractivity contribution in [3.63, 3.8) is 0 Å². The van der Waals surface area contributed by atoms with E-state index in [1.54, 1.807) is 6.20 Å². The fraction of sp³-hybridized carbons (Fsp3) is 0.312. The Morgan fingerprint density at radius 3 is 2.65 bits per heavy atom. The summed E-state index contributed by atoms with van der Waals surface area (Å²) >= 11 is 0. The largest absolute Gasteiger partial charge is 0.398 e. The summed E-state index contributed by atoms with van der Waals surface area (Å²) in [5.41, 5.74) is 11.8. The first-order valence-corrected chi connectivity index (χ1v) is 8.07. The van der Waals surface area contributed by atoms with Gasteiger partial charge in [0, 0.05) is 28.4 Å². The van der Waals surface area contributed by atoms with Gasteiger partial charge in [-0.1, -0.05) is 29.8 Å². The van der Waals surface area contributed by atoms with Gasteiger partial charge in [0.05, 0.1) is 11.4 Å². The minimum atomic E-state index is -0.973. The van der Waals surface area contributed by atoms with E-state index in [1.807, 2.05) is 39.0 Å². The van der Waals surface area contributed by atoms with Gasteiger partial charge in [0.1, 0.15) is 0 Å². The number of pyridine rings is 1. The number of anilines is 1. The van der Waals surface area contributed by atoms with E-state index >= 15 is 0 Å². The van der Waals surface area contributed by atoms with Crippen molar-refractivity contribution in [1.82, 2.24) is 4.98 Å². The summed E-state index contributed by atoms with van der Waals surface area (Å²) < 4.78 is 12.3. The van der Waals surface area contributed by atoms with Crippen LogP contribution < -0.4 is 5.73 Å². The molecule has 2 aromatic rings. The molecule has 0 saturated heterocycles. The van der Waals surface area contributed by atoms with Gasteiger partial charge >= 0.3 is 0 Å². The maximum Gasteiger partial charge on any atom is 0.0665 e. The van der Waals surface area contributed by atoms with Crippen LogP contribution in [0, 0.1) is 20.8 Å². The van der Waals surface area contributed by atoms with Crippen molar-refractivity contribution in [2.24, 2.45) is 0 Å². The monoisotopic (exact) mass is 288 g/mol. The lowest BCUT2D eigenvalue weighted by Gasteiger charge is -2.10. The van der Waals surface area contributed by atoms with Crippen LogP contribution in [0.4, 0.5) is 5.69 Å². The molecule has 0 fully saturated rings. The number of nitrogen functional groups attached to an aromatic ring is 1. The quantitative estimate of drug-likeness (QED) is 0.940. The molecule has 4 heteroatoms. The smallest absolute Gasteiger partial charge is 0.0665 e. The lowest BCUT2D eigenvalue weighted by atomic mass is 10.1. The first-order valence-electron chi connectivity index (χ1n) is 6.58. The number of rotatable bonds is 4. The van der Waals surface area contributed by atoms with Crippen molar-refractivity contribution < 1.29 is 4.21 Å². The lowest BCUT2D eigenvalue weighted by Crippen LogP contribution is -2.06. The van der Waals surface area contributed by atoms with Crippen LogP contribution in [0.2, 0.25) is 0 Å². The molecule has 106 valence electrons. The molecule has 0 radical (unpaired) electrons. The molecule has 2 N–H and O–H groups in total. The van der Waals surface area contributed by atoms with Crippen LogP contribution in [0.15, 0.2) is 30.5 Å². The molecule has 1 heterocycles. The third-order valence-corrected chi connectivity index (χ3v) is 4.63. The minimum Gasteiger partial charge on any atom is -0.398 e. The van der Waals surface area contributed by atoms with Crippen LogP contribution in [0.25, 0.3) is 0 Å². The second-order valence-electron chi connectivity index (χ2n) is 5.14. The van der Waals surface area contributed by atoms with Crippen molar-refractivity contribution in [3.05, 3.63) is 58.4 Å². The van der Waals surface area contributed by atoms with Gasteiger partial charge in [-0.3, -0.25) is 9.19 Å². The van der Waals surface area contributed by atoms with Crippen molar-refractivity contribution in [3.8, 4) is 0 Å². The predicted molar refractivity (Wildman–Crippen MR) is 84.9 cm³/mol. The molecule has 0 spiro atoms. The second kappa shape index (κ2) is 6.18. The van der Waals surface area contributed by atoms with E-state index in [9.17, 15) is 4.21 Å². The molecule has 0 aliphatic carbocycles. The Balaban J connectivity index is 2.11. The molecule has 0 saturated carbocycles. The molecule has 1 aromatic heterocycles. The third-order valence-electron chi connectivity index (χ3n) is 3.38. The lowest BCUT2D eigenvalue weighted by molar-refractivity contribution is 0.681. The Morgan fingerprint density at radius 2 is 1.95 bits per heavy atom. The Labute approximate surface area is 122 Å². The average Bonchev–Trinajstić information content (AvgIpc) is 2.39. The molecule has 1 aromatic carbocycles. The van der Waals surface area contributed by atoms with Crippen molar-refractivity contribution >= 4 is 16.5 Å². The number of aryl methyl sites for hydroxylation is 2. The first kappa shape index (κ1) is 14.7. The van der Waals surface area contributed by atoms with Crippen LogP contribution >= 0.6 is 0 Å². The fourth-order valence-electron chi connectivity index (χ4n) is 2.13. The molecule has 3 nitrogen and oxygen atoms in total. The van der Waals surface area contributed by atoms with Crippen LogP contribution in [0.5, 0.6) is 0 Å². The molecule has 0 aliphatic rings. The van der Waals surface area contributed by atoms with Gasteiger partial charge in [0.25, 0.3) is 0 Å². The van der Waals surface area contributed by atoms with Crippen LogP contribution in [0.3, 0.4) is 0 Å². The van der Waals surface area contributed by atoms with E-state index in [0.29, 0.717) is 11.5 Å². The fourth-order valence-corrected chi connectivity index (χ4v) is 3.38. The zero-order valence-electron chi connectivity index (χ0n) is 12.1. The van der Waals surface area contributed by atoms with E-state index in [1.165, 1.54) is 5.56 Å². The highest BCUT2D eigenvalue weighted by atomic mass is 32.2. The van der Waals surface area contributed by atoms with Crippen LogP contribution in [0.1, 0.15) is 27.9 Å². The highest BCUT2D eigenvalue weighted by molar-refractivity contribution is 7.83. The highest BCUT2D eigenvalue weighted by Crippen LogP contribution is 2.19. The SMILES string of the molecule is Cc1cccc(CS(=O)Cc2ncc(C)c(N)c2C)c1. The number of hydrogen-bond acceptors (Lipinski definition) is 3. The van der Waals surface area contributed by atoms with Crippen LogP contribution in [-0.4, -0.2) is 9.19 Å². The molecular weight excluding hydrogens is 268 g/mol. The molecule has 1 atom stereocenters. The normalized spacial score (nSPS) is 12.3. The maximum absolute atomic E-state index is 12.3. The summed E-state index contributed by atoms with van der Waals surface area (Å²) in [6.07, 6.45) is 1.75. The van der Waals surface area contributed by atoms with Gasteiger partial charge in [-0.15, -0.1) is 0 Å². The summed E-state index contributed by atoms with van der Waals surface area (Å²) in [7, 11) is -0.973. The summed E-state index contributed by atoms with van der Waals surface area (Å²) in [4.78, 5) is 4.36. The number of hydrogen-bond donors (Lipinski definition) is 1. The maximum atomic E-state index is 12.3.